The van der Waals surface area contributed by atoms with Crippen molar-refractivity contribution < 1.29 is 0 Å². The first-order chi connectivity index (χ1) is 6.92. The Balaban J connectivity index is 2.50. The molecule has 0 aromatic carbocycles. The van der Waals surface area contributed by atoms with Gasteiger partial charge in [-0.05, 0) is 37.1 Å². The van der Waals surface area contributed by atoms with Gasteiger partial charge in [0, 0.05) is 19.1 Å². The van der Waals surface area contributed by atoms with E-state index in [1.807, 2.05) is 0 Å². The molecule has 1 heterocycles. The molecule has 0 amide bonds. The highest BCUT2D eigenvalue weighted by Crippen LogP contribution is 2.26. The first-order valence-electron chi connectivity index (χ1n) is 6.36. The van der Waals surface area contributed by atoms with Crippen LogP contribution in [0.3, 0.4) is 0 Å². The third-order valence-corrected chi connectivity index (χ3v) is 3.32. The molecule has 0 aromatic rings. The summed E-state index contributed by atoms with van der Waals surface area (Å²) >= 11 is 0. The highest BCUT2D eigenvalue weighted by atomic mass is 15.2. The molecule has 0 spiro atoms. The van der Waals surface area contributed by atoms with E-state index in [0.717, 1.165) is 12.5 Å². The van der Waals surface area contributed by atoms with Gasteiger partial charge in [0.2, 0.25) is 0 Å². The minimum absolute atomic E-state index is 0.394. The van der Waals surface area contributed by atoms with Crippen LogP contribution in [0.25, 0.3) is 0 Å². The Kier molecular flexibility index (Phi) is 4.60. The van der Waals surface area contributed by atoms with Crippen LogP contribution in [0.4, 0.5) is 0 Å². The fourth-order valence-electron chi connectivity index (χ4n) is 2.63. The number of nitrogens with two attached hydrogens (primary N) is 1. The van der Waals surface area contributed by atoms with Crippen molar-refractivity contribution in [3.8, 4) is 0 Å². The summed E-state index contributed by atoms with van der Waals surface area (Å²) < 4.78 is 0. The van der Waals surface area contributed by atoms with E-state index < -0.39 is 0 Å². The molecule has 2 N–H and O–H groups in total. The first kappa shape index (κ1) is 13.0. The number of hydrogen-bond donors (Lipinski definition) is 1. The molecule has 0 bridgehead atoms. The van der Waals surface area contributed by atoms with E-state index in [9.17, 15) is 0 Å². The van der Waals surface area contributed by atoms with Crippen LogP contribution in [0.1, 0.15) is 47.0 Å². The first-order valence-corrected chi connectivity index (χ1v) is 6.36. The Morgan fingerprint density at radius 3 is 2.53 bits per heavy atom. The summed E-state index contributed by atoms with van der Waals surface area (Å²) in [4.78, 5) is 2.61. The summed E-state index contributed by atoms with van der Waals surface area (Å²) in [5.41, 5.74) is 6.31. The molecule has 0 aromatic heterocycles. The lowest BCUT2D eigenvalue weighted by atomic mass is 9.86. The SMILES string of the molecule is CC1CCCN(C(CN)CC(C)(C)C)C1. The lowest BCUT2D eigenvalue weighted by molar-refractivity contribution is 0.104. The molecule has 0 saturated carbocycles. The molecule has 1 aliphatic rings. The zero-order valence-electron chi connectivity index (χ0n) is 10.9. The van der Waals surface area contributed by atoms with Gasteiger partial charge in [-0.15, -0.1) is 0 Å². The molecule has 90 valence electrons. The Morgan fingerprint density at radius 1 is 1.40 bits per heavy atom. The van der Waals surface area contributed by atoms with Gasteiger partial charge in [-0.1, -0.05) is 27.7 Å². The predicted molar refractivity (Wildman–Crippen MR) is 66.9 cm³/mol. The van der Waals surface area contributed by atoms with Crippen molar-refractivity contribution in [3.63, 3.8) is 0 Å². The lowest BCUT2D eigenvalue weighted by Gasteiger charge is -2.39. The van der Waals surface area contributed by atoms with Crippen molar-refractivity contribution in [3.05, 3.63) is 0 Å². The molecule has 0 radical (unpaired) electrons. The van der Waals surface area contributed by atoms with E-state index in [-0.39, 0.29) is 0 Å². The van der Waals surface area contributed by atoms with Crippen LogP contribution in [0, 0.1) is 11.3 Å². The summed E-state index contributed by atoms with van der Waals surface area (Å²) in [7, 11) is 0. The normalized spacial score (nSPS) is 26.6. The topological polar surface area (TPSA) is 29.3 Å². The Labute approximate surface area is 95.2 Å². The number of piperidine rings is 1. The number of nitrogens with zero attached hydrogens (tertiary/aromatic N) is 1. The van der Waals surface area contributed by atoms with Gasteiger partial charge in [0.05, 0.1) is 0 Å². The molecule has 15 heavy (non-hydrogen) atoms. The summed E-state index contributed by atoms with van der Waals surface area (Å²) in [6.07, 6.45) is 3.96. The second-order valence-corrected chi connectivity index (χ2v) is 6.40. The van der Waals surface area contributed by atoms with Gasteiger partial charge in [0.25, 0.3) is 0 Å². The monoisotopic (exact) mass is 212 g/mol. The fraction of sp³-hybridized carbons (Fsp3) is 1.00. The number of hydrogen-bond acceptors (Lipinski definition) is 2. The molecule has 2 unspecified atom stereocenters. The lowest BCUT2D eigenvalue weighted by Crippen LogP contribution is -2.47. The number of likely N-dealkylation sites (tertiary alicyclic amines) is 1. The summed E-state index contributed by atoms with van der Waals surface area (Å²) in [6, 6.07) is 0.591. The second-order valence-electron chi connectivity index (χ2n) is 6.40. The van der Waals surface area contributed by atoms with Crippen molar-refractivity contribution in [2.45, 2.75) is 53.0 Å². The van der Waals surface area contributed by atoms with E-state index in [2.05, 4.69) is 32.6 Å². The van der Waals surface area contributed by atoms with Crippen molar-refractivity contribution in [2.75, 3.05) is 19.6 Å². The van der Waals surface area contributed by atoms with E-state index in [1.54, 1.807) is 0 Å². The molecule has 1 fully saturated rings. The zero-order valence-corrected chi connectivity index (χ0v) is 10.9. The summed E-state index contributed by atoms with van der Waals surface area (Å²) in [5.74, 6) is 0.854. The van der Waals surface area contributed by atoms with E-state index in [4.69, 9.17) is 5.73 Å². The molecule has 2 heteroatoms. The molecule has 1 rings (SSSR count). The Bertz CT molecular complexity index is 183. The van der Waals surface area contributed by atoms with Crippen LogP contribution in [0.2, 0.25) is 0 Å². The van der Waals surface area contributed by atoms with Crippen LogP contribution < -0.4 is 5.73 Å². The van der Waals surface area contributed by atoms with Crippen LogP contribution in [-0.4, -0.2) is 30.6 Å². The van der Waals surface area contributed by atoms with Crippen molar-refractivity contribution >= 4 is 0 Å². The van der Waals surface area contributed by atoms with Gasteiger partial charge in [-0.3, -0.25) is 4.90 Å². The molecule has 2 atom stereocenters. The van der Waals surface area contributed by atoms with Crippen molar-refractivity contribution in [1.82, 2.24) is 4.90 Å². The third kappa shape index (κ3) is 4.52. The average molecular weight is 212 g/mol. The maximum Gasteiger partial charge on any atom is 0.0223 e. The maximum atomic E-state index is 5.91. The average Bonchev–Trinajstić information content (AvgIpc) is 2.13. The largest absolute Gasteiger partial charge is 0.329 e. The van der Waals surface area contributed by atoms with Gasteiger partial charge in [0.1, 0.15) is 0 Å². The van der Waals surface area contributed by atoms with Crippen molar-refractivity contribution in [1.29, 1.82) is 0 Å². The molecule has 1 saturated heterocycles. The minimum Gasteiger partial charge on any atom is -0.329 e. The Morgan fingerprint density at radius 2 is 2.07 bits per heavy atom. The molecular formula is C13H28N2. The van der Waals surface area contributed by atoms with Gasteiger partial charge in [-0.25, -0.2) is 0 Å². The maximum absolute atomic E-state index is 5.91. The van der Waals surface area contributed by atoms with Gasteiger partial charge >= 0.3 is 0 Å². The standard InChI is InChI=1S/C13H28N2/c1-11-6-5-7-15(10-11)12(9-14)8-13(2,3)4/h11-12H,5-10,14H2,1-4H3. The van der Waals surface area contributed by atoms with E-state index in [1.165, 1.54) is 32.4 Å². The van der Waals surface area contributed by atoms with Crippen LogP contribution in [0.15, 0.2) is 0 Å². The highest BCUT2D eigenvalue weighted by molar-refractivity contribution is 4.81. The molecule has 0 aliphatic carbocycles. The molecule has 2 nitrogen and oxygen atoms in total. The molecule has 1 aliphatic heterocycles. The third-order valence-electron chi connectivity index (χ3n) is 3.32. The van der Waals surface area contributed by atoms with Gasteiger partial charge in [-0.2, -0.15) is 0 Å². The quantitative estimate of drug-likeness (QED) is 0.779. The summed E-state index contributed by atoms with van der Waals surface area (Å²) in [5, 5.41) is 0. The second kappa shape index (κ2) is 5.31. The highest BCUT2D eigenvalue weighted by Gasteiger charge is 2.26. The fourth-order valence-corrected chi connectivity index (χ4v) is 2.63. The van der Waals surface area contributed by atoms with Crippen LogP contribution in [0.5, 0.6) is 0 Å². The van der Waals surface area contributed by atoms with E-state index >= 15 is 0 Å². The minimum atomic E-state index is 0.394. The zero-order chi connectivity index (χ0) is 11.5. The summed E-state index contributed by atoms with van der Waals surface area (Å²) in [6.45, 7) is 12.6. The van der Waals surface area contributed by atoms with Gasteiger partial charge in [0.15, 0.2) is 0 Å². The predicted octanol–water partition coefficient (Wildman–Crippen LogP) is 2.48. The van der Waals surface area contributed by atoms with Gasteiger partial charge < -0.3 is 5.73 Å². The number of rotatable bonds is 3. The van der Waals surface area contributed by atoms with Crippen LogP contribution in [-0.2, 0) is 0 Å². The van der Waals surface area contributed by atoms with Crippen LogP contribution >= 0.6 is 0 Å². The smallest absolute Gasteiger partial charge is 0.0223 e. The molecular weight excluding hydrogens is 184 g/mol. The Hall–Kier alpha value is -0.0800. The van der Waals surface area contributed by atoms with Crippen molar-refractivity contribution in [2.24, 2.45) is 17.1 Å². The van der Waals surface area contributed by atoms with E-state index in [0.29, 0.717) is 11.5 Å².